The molecule has 0 aromatic carbocycles. The van der Waals surface area contributed by atoms with Crippen LogP contribution in [0.4, 0.5) is 5.82 Å². The van der Waals surface area contributed by atoms with Gasteiger partial charge in [0.15, 0.2) is 0 Å². The molecular weight excluding hydrogens is 282 g/mol. The molecule has 0 radical (unpaired) electrons. The Bertz CT molecular complexity index is 570. The topological polar surface area (TPSA) is 58.0 Å². The Morgan fingerprint density at radius 1 is 1.42 bits per heavy atom. The Balaban J connectivity index is 2.33. The molecule has 0 saturated carbocycles. The summed E-state index contributed by atoms with van der Waals surface area (Å²) >= 11 is 7.60. The first kappa shape index (κ1) is 14.5. The van der Waals surface area contributed by atoms with E-state index in [1.54, 1.807) is 18.3 Å². The first-order valence-corrected chi connectivity index (χ1v) is 7.59. The molecule has 0 amide bonds. The summed E-state index contributed by atoms with van der Waals surface area (Å²) < 4.78 is 0. The second kappa shape index (κ2) is 6.03. The summed E-state index contributed by atoms with van der Waals surface area (Å²) in [5.74, 6) is 0.749. The number of hydrogen-bond donors (Lipinski definition) is 2. The number of hydrogen-bond acceptors (Lipinski definition) is 5. The van der Waals surface area contributed by atoms with Gasteiger partial charge in [0, 0.05) is 10.9 Å². The number of halogens is 1. The molecule has 19 heavy (non-hydrogen) atoms. The second-order valence-corrected chi connectivity index (χ2v) is 6.21. The Morgan fingerprint density at radius 2 is 2.16 bits per heavy atom. The molecule has 2 aromatic rings. The maximum Gasteiger partial charge on any atom is 0.225 e. The van der Waals surface area contributed by atoms with Gasteiger partial charge < -0.3 is 10.4 Å². The Hall–Kier alpha value is -0.910. The Kier molecular flexibility index (Phi) is 4.60. The van der Waals surface area contributed by atoms with Gasteiger partial charge in [0.2, 0.25) is 5.28 Å². The molecule has 2 heterocycles. The van der Waals surface area contributed by atoms with E-state index < -0.39 is 0 Å². The third kappa shape index (κ3) is 3.55. The summed E-state index contributed by atoms with van der Waals surface area (Å²) in [5, 5.41) is 14.0. The fourth-order valence-electron chi connectivity index (χ4n) is 2.03. The van der Waals surface area contributed by atoms with Crippen molar-refractivity contribution in [1.29, 1.82) is 0 Å². The molecule has 0 spiro atoms. The number of fused-ring (bicyclic) bond motifs is 1. The lowest BCUT2D eigenvalue weighted by Gasteiger charge is -2.16. The SMILES string of the molecule is CCc1cc2c(NC(C)CC(C)O)nc(Cl)nc2s1. The molecular formula is C13H18ClN3OS. The summed E-state index contributed by atoms with van der Waals surface area (Å²) in [6.45, 7) is 5.91. The maximum absolute atomic E-state index is 9.41. The predicted molar refractivity (Wildman–Crippen MR) is 81.2 cm³/mol. The van der Waals surface area contributed by atoms with Crippen LogP contribution < -0.4 is 5.32 Å². The Morgan fingerprint density at radius 3 is 2.79 bits per heavy atom. The molecule has 6 heteroatoms. The third-order valence-electron chi connectivity index (χ3n) is 2.84. The first-order valence-electron chi connectivity index (χ1n) is 6.40. The van der Waals surface area contributed by atoms with Gasteiger partial charge in [-0.15, -0.1) is 11.3 Å². The van der Waals surface area contributed by atoms with Crippen LogP contribution in [0.5, 0.6) is 0 Å². The van der Waals surface area contributed by atoms with Crippen LogP contribution in [0.15, 0.2) is 6.07 Å². The monoisotopic (exact) mass is 299 g/mol. The van der Waals surface area contributed by atoms with Gasteiger partial charge in [-0.1, -0.05) is 6.92 Å². The lowest BCUT2D eigenvalue weighted by atomic mass is 10.1. The second-order valence-electron chi connectivity index (χ2n) is 4.76. The molecule has 0 fully saturated rings. The quantitative estimate of drug-likeness (QED) is 0.830. The molecule has 0 bridgehead atoms. The van der Waals surface area contributed by atoms with Crippen molar-refractivity contribution in [1.82, 2.24) is 9.97 Å². The molecule has 2 N–H and O–H groups in total. The average molecular weight is 300 g/mol. The van der Waals surface area contributed by atoms with Crippen molar-refractivity contribution in [3.63, 3.8) is 0 Å². The van der Waals surface area contributed by atoms with Gasteiger partial charge in [-0.05, 0) is 44.4 Å². The number of rotatable bonds is 5. The summed E-state index contributed by atoms with van der Waals surface area (Å²) in [5.41, 5.74) is 0. The van der Waals surface area contributed by atoms with Crippen LogP contribution in [0.2, 0.25) is 5.28 Å². The third-order valence-corrected chi connectivity index (χ3v) is 4.19. The van der Waals surface area contributed by atoms with Crippen molar-refractivity contribution < 1.29 is 5.11 Å². The van der Waals surface area contributed by atoms with Crippen molar-refractivity contribution in [2.75, 3.05) is 5.32 Å². The molecule has 0 saturated heterocycles. The fourth-order valence-corrected chi connectivity index (χ4v) is 3.22. The van der Waals surface area contributed by atoms with Crippen LogP contribution in [-0.2, 0) is 6.42 Å². The standard InChI is InChI=1S/C13H18ClN3OS/c1-4-9-6-10-11(15-7(2)5-8(3)18)16-13(14)17-12(10)19-9/h6-8,18H,4-5H2,1-3H3,(H,15,16,17). The number of aliphatic hydroxyl groups excluding tert-OH is 1. The van der Waals surface area contributed by atoms with Crippen LogP contribution in [0.1, 0.15) is 32.1 Å². The van der Waals surface area contributed by atoms with E-state index in [0.29, 0.717) is 6.42 Å². The van der Waals surface area contributed by atoms with Crippen LogP contribution in [0, 0.1) is 0 Å². The molecule has 104 valence electrons. The van der Waals surface area contributed by atoms with Gasteiger partial charge >= 0.3 is 0 Å². The highest BCUT2D eigenvalue weighted by Crippen LogP contribution is 2.30. The zero-order chi connectivity index (χ0) is 14.0. The number of thiophene rings is 1. The molecule has 2 rings (SSSR count). The average Bonchev–Trinajstić information content (AvgIpc) is 2.70. The predicted octanol–water partition coefficient (Wildman–Crippen LogP) is 3.48. The molecule has 2 atom stereocenters. The van der Waals surface area contributed by atoms with Crippen LogP contribution in [0.25, 0.3) is 10.2 Å². The maximum atomic E-state index is 9.41. The molecule has 0 aliphatic rings. The normalized spacial score (nSPS) is 14.6. The minimum absolute atomic E-state index is 0.124. The van der Waals surface area contributed by atoms with Gasteiger partial charge in [-0.2, -0.15) is 0 Å². The van der Waals surface area contributed by atoms with Crippen molar-refractivity contribution >= 4 is 39.0 Å². The highest BCUT2D eigenvalue weighted by Gasteiger charge is 2.13. The van der Waals surface area contributed by atoms with Crippen molar-refractivity contribution in [3.8, 4) is 0 Å². The molecule has 2 unspecified atom stereocenters. The van der Waals surface area contributed by atoms with E-state index in [4.69, 9.17) is 11.6 Å². The molecule has 2 aromatic heterocycles. The largest absolute Gasteiger partial charge is 0.393 e. The van der Waals surface area contributed by atoms with Gasteiger partial charge in [0.05, 0.1) is 11.5 Å². The lowest BCUT2D eigenvalue weighted by Crippen LogP contribution is -2.21. The smallest absolute Gasteiger partial charge is 0.225 e. The Labute approximate surface area is 121 Å². The van der Waals surface area contributed by atoms with Gasteiger partial charge in [-0.3, -0.25) is 0 Å². The number of nitrogens with zero attached hydrogens (tertiary/aromatic N) is 2. The van der Waals surface area contributed by atoms with Gasteiger partial charge in [0.1, 0.15) is 10.6 Å². The fraction of sp³-hybridized carbons (Fsp3) is 0.538. The molecule has 4 nitrogen and oxygen atoms in total. The van der Waals surface area contributed by atoms with E-state index in [-0.39, 0.29) is 17.4 Å². The van der Waals surface area contributed by atoms with E-state index in [9.17, 15) is 5.11 Å². The van der Waals surface area contributed by atoms with Crippen molar-refractivity contribution in [2.45, 2.75) is 45.8 Å². The molecule has 0 aliphatic carbocycles. The number of nitrogens with one attached hydrogen (secondary N) is 1. The van der Waals surface area contributed by atoms with E-state index in [1.807, 2.05) is 6.92 Å². The zero-order valence-corrected chi connectivity index (χ0v) is 12.8. The summed E-state index contributed by atoms with van der Waals surface area (Å²) in [6, 6.07) is 2.23. The molecule has 0 aliphatic heterocycles. The van der Waals surface area contributed by atoms with Crippen molar-refractivity contribution in [2.24, 2.45) is 0 Å². The summed E-state index contributed by atoms with van der Waals surface area (Å²) in [4.78, 5) is 10.7. The van der Waals surface area contributed by atoms with E-state index in [2.05, 4.69) is 28.3 Å². The van der Waals surface area contributed by atoms with Crippen LogP contribution in [0.3, 0.4) is 0 Å². The number of aromatic nitrogens is 2. The number of aliphatic hydroxyl groups is 1. The highest BCUT2D eigenvalue weighted by atomic mass is 35.5. The minimum atomic E-state index is -0.344. The summed E-state index contributed by atoms with van der Waals surface area (Å²) in [6.07, 6.45) is 1.29. The van der Waals surface area contributed by atoms with Crippen LogP contribution in [-0.4, -0.2) is 27.2 Å². The van der Waals surface area contributed by atoms with E-state index >= 15 is 0 Å². The van der Waals surface area contributed by atoms with Crippen molar-refractivity contribution in [3.05, 3.63) is 16.2 Å². The number of anilines is 1. The van der Waals surface area contributed by atoms with Gasteiger partial charge in [0.25, 0.3) is 0 Å². The number of aryl methyl sites for hydroxylation is 1. The van der Waals surface area contributed by atoms with E-state index in [0.717, 1.165) is 22.5 Å². The zero-order valence-electron chi connectivity index (χ0n) is 11.3. The highest BCUT2D eigenvalue weighted by molar-refractivity contribution is 7.18. The lowest BCUT2D eigenvalue weighted by molar-refractivity contribution is 0.179. The first-order chi connectivity index (χ1) is 8.99. The van der Waals surface area contributed by atoms with Crippen LogP contribution >= 0.6 is 22.9 Å². The summed E-state index contributed by atoms with van der Waals surface area (Å²) in [7, 11) is 0. The van der Waals surface area contributed by atoms with Gasteiger partial charge in [-0.25, -0.2) is 9.97 Å². The van der Waals surface area contributed by atoms with E-state index in [1.165, 1.54) is 4.88 Å². The minimum Gasteiger partial charge on any atom is -0.393 e.